The normalized spacial score (nSPS) is 10.1. The second-order valence-electron chi connectivity index (χ2n) is 8.18. The molecule has 0 aromatic carbocycles. The molecule has 4 aromatic rings. The van der Waals surface area contributed by atoms with E-state index in [2.05, 4.69) is 35.9 Å². The summed E-state index contributed by atoms with van der Waals surface area (Å²) in [6.07, 6.45) is 8.19. The van der Waals surface area contributed by atoms with E-state index in [9.17, 15) is 5.11 Å². The highest BCUT2D eigenvalue weighted by molar-refractivity contribution is 9.08. The molecule has 224 valence electrons. The molecule has 0 radical (unpaired) electrons. The molecule has 0 atom stereocenters. The highest BCUT2D eigenvalue weighted by Gasteiger charge is 2.15. The summed E-state index contributed by atoms with van der Waals surface area (Å²) in [7, 11) is 6.13. The zero-order chi connectivity index (χ0) is 31.5. The van der Waals surface area contributed by atoms with Crippen molar-refractivity contribution in [3.8, 4) is 23.6 Å². The van der Waals surface area contributed by atoms with Crippen LogP contribution >= 0.6 is 15.9 Å². The van der Waals surface area contributed by atoms with Gasteiger partial charge in [-0.2, -0.15) is 10.5 Å². The standard InChI is InChI=1S/C15H15N3O3.C8H11NO3.C7H5BrN2/c1-19-15(20-2)13-5-6-17-9-14(13)21-10-12-4-3-11(7-16)8-18-12;1-11-8(12-2)6-3-4-9-5-7(6)10;8-3-7-2-1-6(4-9)5-10-7/h3-6,8-9,15H,10H2,1-2H3;3-5,8,10H,1-2H3;1-2,5H,3H2. The van der Waals surface area contributed by atoms with Gasteiger partial charge in [0.2, 0.25) is 0 Å². The van der Waals surface area contributed by atoms with Crippen LogP contribution in [0.4, 0.5) is 0 Å². The molecule has 0 unspecified atom stereocenters. The van der Waals surface area contributed by atoms with Gasteiger partial charge < -0.3 is 28.8 Å². The molecule has 13 heteroatoms. The number of nitrogens with zero attached hydrogens (tertiary/aromatic N) is 6. The Bertz CT molecular complexity index is 1450. The summed E-state index contributed by atoms with van der Waals surface area (Å²) in [6.45, 7) is 0.268. The van der Waals surface area contributed by atoms with Crippen LogP contribution in [0.25, 0.3) is 0 Å². The van der Waals surface area contributed by atoms with Gasteiger partial charge in [0.25, 0.3) is 0 Å². The zero-order valence-electron chi connectivity index (χ0n) is 24.0. The highest BCUT2D eigenvalue weighted by Crippen LogP contribution is 2.27. The number of methoxy groups -OCH3 is 4. The van der Waals surface area contributed by atoms with Crippen LogP contribution in [0.5, 0.6) is 11.5 Å². The number of halogens is 1. The maximum Gasteiger partial charge on any atom is 0.186 e. The van der Waals surface area contributed by atoms with E-state index < -0.39 is 12.6 Å². The van der Waals surface area contributed by atoms with E-state index in [0.29, 0.717) is 22.4 Å². The largest absolute Gasteiger partial charge is 0.506 e. The lowest BCUT2D eigenvalue weighted by atomic mass is 10.2. The number of aromatic hydroxyl groups is 1. The van der Waals surface area contributed by atoms with Gasteiger partial charge in [0.15, 0.2) is 12.6 Å². The number of aromatic nitrogens is 4. The van der Waals surface area contributed by atoms with E-state index in [0.717, 1.165) is 22.3 Å². The minimum absolute atomic E-state index is 0.0752. The lowest BCUT2D eigenvalue weighted by Gasteiger charge is -2.17. The Morgan fingerprint density at radius 3 is 1.70 bits per heavy atom. The molecule has 0 aliphatic heterocycles. The predicted octanol–water partition coefficient (Wildman–Crippen LogP) is 5.15. The van der Waals surface area contributed by atoms with Gasteiger partial charge in [0.1, 0.15) is 30.2 Å². The quantitative estimate of drug-likeness (QED) is 0.177. The van der Waals surface area contributed by atoms with Crippen LogP contribution in [0.1, 0.15) is 46.2 Å². The van der Waals surface area contributed by atoms with Gasteiger partial charge in [-0.25, -0.2) is 0 Å². The van der Waals surface area contributed by atoms with E-state index in [1.54, 1.807) is 69.3 Å². The van der Waals surface area contributed by atoms with Crippen LogP contribution in [0, 0.1) is 22.7 Å². The van der Waals surface area contributed by atoms with Gasteiger partial charge in [-0.3, -0.25) is 19.9 Å². The van der Waals surface area contributed by atoms with Crippen molar-refractivity contribution in [2.75, 3.05) is 28.4 Å². The van der Waals surface area contributed by atoms with E-state index >= 15 is 0 Å². The molecule has 0 aliphatic carbocycles. The number of hydrogen-bond acceptors (Lipinski definition) is 12. The van der Waals surface area contributed by atoms with Gasteiger partial charge in [0.05, 0.1) is 46.0 Å². The van der Waals surface area contributed by atoms with E-state index in [4.69, 9.17) is 34.2 Å². The summed E-state index contributed by atoms with van der Waals surface area (Å²) < 4.78 is 26.1. The van der Waals surface area contributed by atoms with Crippen LogP contribution in [-0.4, -0.2) is 53.5 Å². The molecule has 0 amide bonds. The molecular formula is C30H31BrN6O6. The summed E-state index contributed by atoms with van der Waals surface area (Å²) in [5.74, 6) is 0.642. The monoisotopic (exact) mass is 650 g/mol. The number of ether oxygens (including phenoxy) is 5. The fourth-order valence-corrected chi connectivity index (χ4v) is 3.63. The first-order valence-corrected chi connectivity index (χ1v) is 13.6. The van der Waals surface area contributed by atoms with E-state index in [1.807, 2.05) is 18.2 Å². The molecule has 4 aromatic heterocycles. The lowest BCUT2D eigenvalue weighted by Crippen LogP contribution is -2.08. The molecule has 0 fully saturated rings. The molecule has 0 spiro atoms. The molecule has 0 saturated carbocycles. The average molecular weight is 652 g/mol. The minimum atomic E-state index is -0.534. The Morgan fingerprint density at radius 2 is 1.23 bits per heavy atom. The molecule has 4 rings (SSSR count). The van der Waals surface area contributed by atoms with E-state index in [-0.39, 0.29) is 12.4 Å². The van der Waals surface area contributed by atoms with Crippen LogP contribution in [0.3, 0.4) is 0 Å². The topological polar surface area (TPSA) is 166 Å². The van der Waals surface area contributed by atoms with E-state index in [1.165, 1.54) is 26.6 Å². The maximum atomic E-state index is 9.32. The summed E-state index contributed by atoms with van der Waals surface area (Å²) in [6, 6.07) is 14.5. The van der Waals surface area contributed by atoms with Gasteiger partial charge >= 0.3 is 0 Å². The number of alkyl halides is 1. The second kappa shape index (κ2) is 19.6. The Kier molecular flexibility index (Phi) is 15.8. The Hall–Kier alpha value is -4.50. The zero-order valence-corrected chi connectivity index (χ0v) is 25.6. The Labute approximate surface area is 258 Å². The summed E-state index contributed by atoms with van der Waals surface area (Å²) in [5, 5.41) is 27.2. The Morgan fingerprint density at radius 1 is 0.721 bits per heavy atom. The van der Waals surface area contributed by atoms with Gasteiger partial charge in [0, 0.05) is 58.6 Å². The average Bonchev–Trinajstić information content (AvgIpc) is 3.07. The minimum Gasteiger partial charge on any atom is -0.506 e. The molecule has 0 bridgehead atoms. The van der Waals surface area contributed by atoms with Crippen LogP contribution < -0.4 is 4.74 Å². The number of rotatable bonds is 10. The number of nitriles is 2. The van der Waals surface area contributed by atoms with Crippen LogP contribution in [0.2, 0.25) is 0 Å². The fraction of sp³-hybridized carbons (Fsp3) is 0.267. The molecule has 4 heterocycles. The molecule has 43 heavy (non-hydrogen) atoms. The predicted molar refractivity (Wildman–Crippen MR) is 159 cm³/mol. The Balaban J connectivity index is 0.000000248. The first-order chi connectivity index (χ1) is 20.9. The third-order valence-corrected chi connectivity index (χ3v) is 6.01. The molecule has 0 saturated heterocycles. The third kappa shape index (κ3) is 11.4. The maximum absolute atomic E-state index is 9.32. The molecular weight excluding hydrogens is 620 g/mol. The number of hydrogen-bond donors (Lipinski definition) is 1. The van der Waals surface area contributed by atoms with Crippen molar-refractivity contribution < 1.29 is 28.8 Å². The second-order valence-corrected chi connectivity index (χ2v) is 8.74. The first kappa shape index (κ1) is 34.7. The van der Waals surface area contributed by atoms with Gasteiger partial charge in [-0.1, -0.05) is 15.9 Å². The van der Waals surface area contributed by atoms with Crippen molar-refractivity contribution in [2.45, 2.75) is 24.5 Å². The highest BCUT2D eigenvalue weighted by atomic mass is 79.9. The summed E-state index contributed by atoms with van der Waals surface area (Å²) in [5.41, 5.74) is 4.11. The summed E-state index contributed by atoms with van der Waals surface area (Å²) >= 11 is 3.26. The van der Waals surface area contributed by atoms with Gasteiger partial charge in [-0.15, -0.1) is 0 Å². The molecule has 1 N–H and O–H groups in total. The van der Waals surface area contributed by atoms with Crippen molar-refractivity contribution in [2.24, 2.45) is 0 Å². The fourth-order valence-electron chi connectivity index (χ4n) is 3.30. The SMILES string of the molecule is COC(OC)c1ccncc1O.COC(OC)c1ccncc1OCc1ccc(C#N)cn1.N#Cc1ccc(CBr)nc1. The van der Waals surface area contributed by atoms with Gasteiger partial charge in [-0.05, 0) is 36.4 Å². The smallest absolute Gasteiger partial charge is 0.186 e. The van der Waals surface area contributed by atoms with Crippen molar-refractivity contribution >= 4 is 15.9 Å². The molecule has 12 nitrogen and oxygen atoms in total. The molecule has 0 aliphatic rings. The lowest BCUT2D eigenvalue weighted by molar-refractivity contribution is -0.107. The van der Waals surface area contributed by atoms with Crippen molar-refractivity contribution in [3.63, 3.8) is 0 Å². The van der Waals surface area contributed by atoms with Crippen molar-refractivity contribution in [3.05, 3.63) is 107 Å². The van der Waals surface area contributed by atoms with Crippen molar-refractivity contribution in [1.29, 1.82) is 10.5 Å². The number of pyridine rings is 4. The van der Waals surface area contributed by atoms with Crippen molar-refractivity contribution in [1.82, 2.24) is 19.9 Å². The van der Waals surface area contributed by atoms with Crippen LogP contribution in [-0.2, 0) is 30.9 Å². The van der Waals surface area contributed by atoms with Crippen LogP contribution in [0.15, 0.2) is 73.6 Å². The third-order valence-electron chi connectivity index (χ3n) is 5.43. The summed E-state index contributed by atoms with van der Waals surface area (Å²) in [4.78, 5) is 15.9. The first-order valence-electron chi connectivity index (χ1n) is 12.5.